The van der Waals surface area contributed by atoms with Gasteiger partial charge in [-0.3, -0.25) is 0 Å². The molecule has 5 nitrogen and oxygen atoms in total. The van der Waals surface area contributed by atoms with Gasteiger partial charge in [-0.25, -0.2) is 15.5 Å². The zero-order valence-corrected chi connectivity index (χ0v) is 7.49. The average Bonchev–Trinajstić information content (AvgIpc) is 2.06. The molecule has 13 heavy (non-hydrogen) atoms. The molecule has 0 aromatic carbocycles. The maximum atomic E-state index is 10.9. The van der Waals surface area contributed by atoms with Gasteiger partial charge in [-0.1, -0.05) is 0 Å². The molecule has 0 saturated heterocycles. The minimum Gasteiger partial charge on any atom is -0.762 e. The van der Waals surface area contributed by atoms with E-state index in [0.29, 0.717) is 0 Å². The van der Waals surface area contributed by atoms with E-state index in [1.54, 1.807) is 13.8 Å². The van der Waals surface area contributed by atoms with Gasteiger partial charge in [0.1, 0.15) is 0 Å². The van der Waals surface area contributed by atoms with Crippen molar-refractivity contribution in [2.75, 3.05) is 13.2 Å². The van der Waals surface area contributed by atoms with Crippen LogP contribution in [0.4, 0.5) is 0 Å². The highest BCUT2D eigenvalue weighted by atomic mass is 16.6. The monoisotopic (exact) mass is 184 g/mol. The fourth-order valence-corrected chi connectivity index (χ4v) is 0.581. The van der Waals surface area contributed by atoms with Gasteiger partial charge in [-0.15, -0.1) is 0 Å². The quantitative estimate of drug-likeness (QED) is 0.207. The lowest BCUT2D eigenvalue weighted by atomic mass is 10.3. The summed E-state index contributed by atoms with van der Waals surface area (Å²) in [7, 11) is 0. The summed E-state index contributed by atoms with van der Waals surface area (Å²) >= 11 is 0. The molecule has 72 valence electrons. The van der Waals surface area contributed by atoms with Crippen LogP contribution in [0.25, 0.3) is 5.41 Å². The van der Waals surface area contributed by atoms with Crippen LogP contribution in [-0.2, 0) is 19.1 Å². The van der Waals surface area contributed by atoms with Crippen molar-refractivity contribution in [2.24, 2.45) is 0 Å². The highest BCUT2D eigenvalue weighted by molar-refractivity contribution is 6.21. The molecule has 0 heterocycles. The van der Waals surface area contributed by atoms with Crippen LogP contribution in [-0.4, -0.2) is 31.0 Å². The van der Waals surface area contributed by atoms with Gasteiger partial charge >= 0.3 is 11.9 Å². The van der Waals surface area contributed by atoms with E-state index in [0.717, 1.165) is 0 Å². The summed E-state index contributed by atoms with van der Waals surface area (Å²) in [4.78, 5) is 21.8. The molecule has 0 rings (SSSR count). The van der Waals surface area contributed by atoms with E-state index in [4.69, 9.17) is 5.41 Å². The molecule has 5 heteroatoms. The molecule has 0 bridgehead atoms. The molecule has 0 aliphatic carbocycles. The first-order valence-corrected chi connectivity index (χ1v) is 3.78. The SMILES string of the molecule is CCOC(=O)C(=C=[N-])C(=O)OCC. The first-order valence-electron chi connectivity index (χ1n) is 3.78. The van der Waals surface area contributed by atoms with Crippen molar-refractivity contribution in [2.45, 2.75) is 13.8 Å². The number of ether oxygens (including phenoxy) is 2. The van der Waals surface area contributed by atoms with E-state index in [1.807, 2.05) is 0 Å². The zero-order valence-electron chi connectivity index (χ0n) is 7.49. The first kappa shape index (κ1) is 11.4. The standard InChI is InChI=1S/C8H10NO4/c1-3-12-7(10)6(5-9)8(11)13-4-2/h3-4H2,1-2H3/q-1. The van der Waals surface area contributed by atoms with Crippen molar-refractivity contribution in [1.29, 1.82) is 0 Å². The molecule has 0 aromatic heterocycles. The average molecular weight is 184 g/mol. The summed E-state index contributed by atoms with van der Waals surface area (Å²) in [5.74, 6) is -0.444. The van der Waals surface area contributed by atoms with Crippen LogP contribution in [0.3, 0.4) is 0 Å². The van der Waals surface area contributed by atoms with Crippen molar-refractivity contribution in [1.82, 2.24) is 0 Å². The number of hydrogen-bond acceptors (Lipinski definition) is 4. The minimum atomic E-state index is -0.941. The van der Waals surface area contributed by atoms with Crippen molar-refractivity contribution in [3.63, 3.8) is 0 Å². The highest BCUT2D eigenvalue weighted by Gasteiger charge is 2.18. The zero-order chi connectivity index (χ0) is 10.3. The van der Waals surface area contributed by atoms with Crippen LogP contribution < -0.4 is 0 Å². The van der Waals surface area contributed by atoms with E-state index < -0.39 is 17.5 Å². The maximum Gasteiger partial charge on any atom is 0.351 e. The van der Waals surface area contributed by atoms with Gasteiger partial charge in [0.25, 0.3) is 0 Å². The van der Waals surface area contributed by atoms with E-state index >= 15 is 0 Å². The van der Waals surface area contributed by atoms with Crippen LogP contribution in [0.2, 0.25) is 0 Å². The molecule has 0 saturated carbocycles. The van der Waals surface area contributed by atoms with Crippen LogP contribution in [0.15, 0.2) is 5.57 Å². The molecule has 0 amide bonds. The van der Waals surface area contributed by atoms with Gasteiger partial charge in [0.15, 0.2) is 5.57 Å². The number of rotatable bonds is 4. The Morgan fingerprint density at radius 3 is 1.77 bits per heavy atom. The van der Waals surface area contributed by atoms with E-state index in [2.05, 4.69) is 9.47 Å². The second-order valence-electron chi connectivity index (χ2n) is 1.93. The Hall–Kier alpha value is -1.61. The number of hydrogen-bond donors (Lipinski definition) is 0. The molecule has 0 unspecified atom stereocenters. The molecule has 0 aliphatic rings. The van der Waals surface area contributed by atoms with Crippen LogP contribution in [0.1, 0.15) is 13.8 Å². The Bertz CT molecular complexity index is 233. The summed E-state index contributed by atoms with van der Waals surface area (Å²) in [5.41, 5.74) is -0.622. The molecule has 0 atom stereocenters. The topological polar surface area (TPSA) is 74.9 Å². The van der Waals surface area contributed by atoms with Gasteiger partial charge in [0, 0.05) is 0 Å². The molecule has 0 aromatic rings. The van der Waals surface area contributed by atoms with Crippen molar-refractivity contribution < 1.29 is 19.1 Å². The van der Waals surface area contributed by atoms with Crippen LogP contribution >= 0.6 is 0 Å². The fourth-order valence-electron chi connectivity index (χ4n) is 0.581. The molecule has 0 fully saturated rings. The second kappa shape index (κ2) is 5.97. The highest BCUT2D eigenvalue weighted by Crippen LogP contribution is 1.97. The van der Waals surface area contributed by atoms with Gasteiger partial charge in [-0.2, -0.15) is 0 Å². The first-order chi connectivity index (χ1) is 6.17. The smallest absolute Gasteiger partial charge is 0.351 e. The lowest BCUT2D eigenvalue weighted by Crippen LogP contribution is -2.18. The third kappa shape index (κ3) is 3.53. The van der Waals surface area contributed by atoms with Gasteiger partial charge in [0.05, 0.1) is 13.2 Å². The molecule has 0 radical (unpaired) electrons. The molecule has 0 aliphatic heterocycles. The van der Waals surface area contributed by atoms with E-state index in [9.17, 15) is 9.59 Å². The van der Waals surface area contributed by atoms with Gasteiger partial charge < -0.3 is 14.9 Å². The molecule has 0 spiro atoms. The Morgan fingerprint density at radius 1 is 1.15 bits per heavy atom. The molecular weight excluding hydrogens is 174 g/mol. The number of esters is 2. The normalized spacial score (nSPS) is 8.46. The maximum absolute atomic E-state index is 10.9. The van der Waals surface area contributed by atoms with E-state index in [-0.39, 0.29) is 13.2 Å². The molecular formula is C8H10NO4-. The largest absolute Gasteiger partial charge is 0.762 e. The van der Waals surface area contributed by atoms with Crippen LogP contribution in [0, 0.1) is 0 Å². The molecule has 0 N–H and O–H groups in total. The number of carbonyl (C=O) groups is 2. The minimum absolute atomic E-state index is 0.115. The third-order valence-corrected chi connectivity index (χ3v) is 1.07. The summed E-state index contributed by atoms with van der Waals surface area (Å²) < 4.78 is 8.93. The summed E-state index contributed by atoms with van der Waals surface area (Å²) in [6.07, 6.45) is 0. The van der Waals surface area contributed by atoms with Crippen molar-refractivity contribution in [3.8, 4) is 0 Å². The predicted octanol–water partition coefficient (Wildman–Crippen LogP) is 0.278. The fraction of sp³-hybridized carbons (Fsp3) is 0.500. The van der Waals surface area contributed by atoms with Crippen LogP contribution in [0.5, 0.6) is 0 Å². The van der Waals surface area contributed by atoms with E-state index in [1.165, 1.54) is 5.87 Å². The van der Waals surface area contributed by atoms with Gasteiger partial charge in [-0.05, 0) is 13.8 Å². The van der Waals surface area contributed by atoms with Crippen molar-refractivity contribution >= 4 is 17.8 Å². The Balaban J connectivity index is 4.44. The predicted molar refractivity (Wildman–Crippen MR) is 45.1 cm³/mol. The second-order valence-corrected chi connectivity index (χ2v) is 1.93. The Morgan fingerprint density at radius 2 is 1.54 bits per heavy atom. The number of carbonyl (C=O) groups excluding carboxylic acids is 2. The Kier molecular flexibility index (Phi) is 5.23. The summed E-state index contributed by atoms with van der Waals surface area (Å²) in [6, 6.07) is 0. The number of nitrogens with zero attached hydrogens (tertiary/aromatic N) is 1. The van der Waals surface area contributed by atoms with Crippen molar-refractivity contribution in [3.05, 3.63) is 11.0 Å². The Labute approximate surface area is 75.8 Å². The third-order valence-electron chi connectivity index (χ3n) is 1.07. The summed E-state index contributed by atoms with van der Waals surface area (Å²) in [6.45, 7) is 3.39. The van der Waals surface area contributed by atoms with Gasteiger partial charge in [0.2, 0.25) is 0 Å². The lowest BCUT2D eigenvalue weighted by molar-refractivity contribution is -0.146. The lowest BCUT2D eigenvalue weighted by Gasteiger charge is -2.04. The summed E-state index contributed by atoms with van der Waals surface area (Å²) in [5, 5.41) is 8.43.